The number of fused-ring (bicyclic) bond motifs is 1. The highest BCUT2D eigenvalue weighted by molar-refractivity contribution is 7.85. The molecule has 0 N–H and O–H groups in total. The van der Waals surface area contributed by atoms with E-state index in [0.29, 0.717) is 6.42 Å². The first-order valence-electron chi connectivity index (χ1n) is 8.63. The Morgan fingerprint density at radius 1 is 1.22 bits per heavy atom. The molecule has 3 rings (SSSR count). The third kappa shape index (κ3) is 3.55. The Morgan fingerprint density at radius 3 is 2.48 bits per heavy atom. The quantitative estimate of drug-likeness (QED) is 0.304. The number of esters is 3. The zero-order valence-electron chi connectivity index (χ0n) is 15.1. The van der Waals surface area contributed by atoms with Crippen molar-refractivity contribution in [3.63, 3.8) is 0 Å². The molecule has 3 heterocycles. The summed E-state index contributed by atoms with van der Waals surface area (Å²) in [6.07, 6.45) is -2.86. The smallest absolute Gasteiger partial charge is 0.313 e. The minimum atomic E-state index is -4.54. The largest absolute Gasteiger partial charge is 0.748 e. The van der Waals surface area contributed by atoms with E-state index in [-0.39, 0.29) is 0 Å². The second-order valence-corrected chi connectivity index (χ2v) is 9.08. The van der Waals surface area contributed by atoms with E-state index < -0.39 is 82.1 Å². The van der Waals surface area contributed by atoms with E-state index in [0.717, 1.165) is 0 Å². The molecule has 3 saturated heterocycles. The first kappa shape index (κ1) is 20.0. The molecule has 6 atom stereocenters. The predicted octanol–water partition coefficient (Wildman–Crippen LogP) is -0.638. The molecule has 3 fully saturated rings. The average molecular weight is 405 g/mol. The Bertz CT molecular complexity index is 757. The molecule has 0 aromatic heterocycles. The topological polar surface area (TPSA) is 145 Å². The minimum absolute atomic E-state index is 0.504. The maximum atomic E-state index is 12.4. The Morgan fingerprint density at radius 2 is 1.89 bits per heavy atom. The summed E-state index contributed by atoms with van der Waals surface area (Å²) in [6, 6.07) is 0. The average Bonchev–Trinajstić information content (AvgIpc) is 3.16. The van der Waals surface area contributed by atoms with E-state index >= 15 is 0 Å². The van der Waals surface area contributed by atoms with Crippen molar-refractivity contribution in [3.8, 4) is 0 Å². The molecule has 0 saturated carbocycles. The van der Waals surface area contributed by atoms with Crippen molar-refractivity contribution in [3.05, 3.63) is 0 Å². The number of carbonyl (C=O) groups is 3. The number of carbonyl (C=O) groups excluding carboxylic acids is 3. The fraction of sp³-hybridized carbons (Fsp3) is 0.812. The Hall–Kier alpha value is -1.72. The summed E-state index contributed by atoms with van der Waals surface area (Å²) in [5, 5.41) is 0. The van der Waals surface area contributed by atoms with Crippen LogP contribution in [-0.2, 0) is 43.4 Å². The van der Waals surface area contributed by atoms with E-state index in [1.165, 1.54) is 0 Å². The van der Waals surface area contributed by atoms with Gasteiger partial charge in [0.15, 0.2) is 12.2 Å². The molecule has 0 aromatic carbocycles. The number of hydrogen-bond donors (Lipinski definition) is 0. The van der Waals surface area contributed by atoms with Crippen LogP contribution in [0.3, 0.4) is 0 Å². The summed E-state index contributed by atoms with van der Waals surface area (Å²) in [5.74, 6) is -4.90. The lowest BCUT2D eigenvalue weighted by Crippen LogP contribution is -2.49. The van der Waals surface area contributed by atoms with Gasteiger partial charge in [-0.2, -0.15) is 0 Å². The molecule has 0 radical (unpaired) electrons. The van der Waals surface area contributed by atoms with Gasteiger partial charge in [-0.3, -0.25) is 14.4 Å². The maximum absolute atomic E-state index is 12.4. The molecule has 0 spiro atoms. The molecule has 11 heteroatoms. The van der Waals surface area contributed by atoms with E-state index in [9.17, 15) is 27.4 Å². The fourth-order valence-corrected chi connectivity index (χ4v) is 3.79. The maximum Gasteiger partial charge on any atom is 0.313 e. The van der Waals surface area contributed by atoms with Gasteiger partial charge in [0.05, 0.1) is 21.3 Å². The SMILES string of the molecule is CCC(C)(C)C(=O)OC1C2OC(=O)C3C2OC1C3C(=O)OCCS(=O)(=O)[O-]. The van der Waals surface area contributed by atoms with Crippen LogP contribution in [0, 0.1) is 17.3 Å². The standard InChI is InChI=1S/C16H22O10S/c1-4-16(2,3)15(19)26-12-9-7(13(17)23-5-6-27(20,21)22)8-10(24-9)11(12)25-14(8)18/h7-12H,4-6H2,1-3H3,(H,20,21,22)/p-1. The van der Waals surface area contributed by atoms with Crippen LogP contribution in [0.15, 0.2) is 0 Å². The van der Waals surface area contributed by atoms with E-state index in [1.54, 1.807) is 13.8 Å². The molecule has 0 aromatic rings. The first-order valence-corrected chi connectivity index (χ1v) is 10.2. The Labute approximate surface area is 156 Å². The highest BCUT2D eigenvalue weighted by atomic mass is 32.2. The summed E-state index contributed by atoms with van der Waals surface area (Å²) in [5.41, 5.74) is -0.762. The van der Waals surface area contributed by atoms with Crippen LogP contribution in [-0.4, -0.2) is 67.7 Å². The highest BCUT2D eigenvalue weighted by Crippen LogP contribution is 2.51. The number of hydrogen-bond acceptors (Lipinski definition) is 10. The molecule has 3 aliphatic rings. The van der Waals surface area contributed by atoms with Crippen LogP contribution < -0.4 is 0 Å². The lowest BCUT2D eigenvalue weighted by atomic mass is 9.78. The zero-order chi connectivity index (χ0) is 20.1. The molecule has 0 aliphatic carbocycles. The van der Waals surface area contributed by atoms with Crippen molar-refractivity contribution < 1.29 is 46.3 Å². The van der Waals surface area contributed by atoms with Gasteiger partial charge in [0.1, 0.15) is 30.7 Å². The lowest BCUT2D eigenvalue weighted by molar-refractivity contribution is -0.171. The highest BCUT2D eigenvalue weighted by Gasteiger charge is 2.72. The summed E-state index contributed by atoms with van der Waals surface area (Å²) in [4.78, 5) is 36.9. The van der Waals surface area contributed by atoms with E-state index in [4.69, 9.17) is 18.9 Å². The number of ether oxygens (including phenoxy) is 4. The molecule has 0 amide bonds. The van der Waals surface area contributed by atoms with Crippen molar-refractivity contribution >= 4 is 28.0 Å². The van der Waals surface area contributed by atoms with Crippen molar-refractivity contribution in [1.29, 1.82) is 0 Å². The van der Waals surface area contributed by atoms with Crippen LogP contribution in [0.1, 0.15) is 27.2 Å². The van der Waals surface area contributed by atoms with Crippen molar-refractivity contribution in [2.75, 3.05) is 12.4 Å². The molecule has 2 bridgehead atoms. The van der Waals surface area contributed by atoms with E-state index in [2.05, 4.69) is 0 Å². The fourth-order valence-electron chi connectivity index (χ4n) is 3.51. The normalized spacial score (nSPS) is 34.4. The summed E-state index contributed by atoms with van der Waals surface area (Å²) in [6.45, 7) is 4.62. The van der Waals surface area contributed by atoms with Crippen LogP contribution in [0.25, 0.3) is 0 Å². The second kappa shape index (κ2) is 6.71. The molecule has 27 heavy (non-hydrogen) atoms. The molecule has 10 nitrogen and oxygen atoms in total. The monoisotopic (exact) mass is 405 g/mol. The van der Waals surface area contributed by atoms with Gasteiger partial charge < -0.3 is 23.5 Å². The van der Waals surface area contributed by atoms with Gasteiger partial charge in [0, 0.05) is 0 Å². The number of rotatable bonds is 7. The minimum Gasteiger partial charge on any atom is -0.748 e. The second-order valence-electron chi connectivity index (χ2n) is 7.56. The molecular weight excluding hydrogens is 384 g/mol. The van der Waals surface area contributed by atoms with Crippen LogP contribution in [0.5, 0.6) is 0 Å². The Kier molecular flexibility index (Phi) is 4.98. The third-order valence-electron chi connectivity index (χ3n) is 5.43. The van der Waals surface area contributed by atoms with Gasteiger partial charge in [-0.05, 0) is 20.3 Å². The zero-order valence-corrected chi connectivity index (χ0v) is 15.9. The summed E-state index contributed by atoms with van der Waals surface area (Å²) in [7, 11) is -4.54. The third-order valence-corrected chi connectivity index (χ3v) is 6.10. The van der Waals surface area contributed by atoms with Gasteiger partial charge in [0.25, 0.3) is 0 Å². The Balaban J connectivity index is 1.74. The van der Waals surface area contributed by atoms with Crippen LogP contribution >= 0.6 is 0 Å². The summed E-state index contributed by atoms with van der Waals surface area (Å²) < 4.78 is 53.2. The van der Waals surface area contributed by atoms with Gasteiger partial charge >= 0.3 is 17.9 Å². The first-order chi connectivity index (χ1) is 12.5. The van der Waals surface area contributed by atoms with Crippen molar-refractivity contribution in [2.24, 2.45) is 17.3 Å². The van der Waals surface area contributed by atoms with Crippen LogP contribution in [0.4, 0.5) is 0 Å². The molecule has 6 unspecified atom stereocenters. The lowest BCUT2D eigenvalue weighted by Gasteiger charge is -2.30. The van der Waals surface area contributed by atoms with Crippen molar-refractivity contribution in [2.45, 2.75) is 51.6 Å². The molecule has 3 aliphatic heterocycles. The summed E-state index contributed by atoms with van der Waals surface area (Å²) >= 11 is 0. The van der Waals surface area contributed by atoms with Crippen LogP contribution in [0.2, 0.25) is 0 Å². The molecule has 152 valence electrons. The molecular formula is C16H21O10S-. The van der Waals surface area contributed by atoms with Crippen molar-refractivity contribution in [1.82, 2.24) is 0 Å². The van der Waals surface area contributed by atoms with Gasteiger partial charge in [0.2, 0.25) is 0 Å². The van der Waals surface area contributed by atoms with Gasteiger partial charge in [-0.25, -0.2) is 8.42 Å². The van der Waals surface area contributed by atoms with Gasteiger partial charge in [-0.15, -0.1) is 0 Å². The van der Waals surface area contributed by atoms with E-state index in [1.807, 2.05) is 6.92 Å². The predicted molar refractivity (Wildman–Crippen MR) is 85.0 cm³/mol. The van der Waals surface area contributed by atoms with Gasteiger partial charge in [-0.1, -0.05) is 6.92 Å².